The van der Waals surface area contributed by atoms with Gasteiger partial charge in [0.1, 0.15) is 12.9 Å². The maximum absolute atomic E-state index is 11.7. The maximum atomic E-state index is 11.7. The first kappa shape index (κ1) is 15.4. The van der Waals surface area contributed by atoms with Crippen molar-refractivity contribution >= 4 is 5.91 Å². The molecule has 0 saturated carbocycles. The molecule has 108 valence electrons. The highest BCUT2D eigenvalue weighted by Crippen LogP contribution is 2.18. The van der Waals surface area contributed by atoms with Crippen LogP contribution in [0.5, 0.6) is 0 Å². The summed E-state index contributed by atoms with van der Waals surface area (Å²) in [6.07, 6.45) is 2.17. The second-order valence-electron chi connectivity index (χ2n) is 5.13. The lowest BCUT2D eigenvalue weighted by atomic mass is 9.89. The van der Waals surface area contributed by atoms with Gasteiger partial charge in [-0.25, -0.2) is 9.48 Å². The molecule has 1 amide bonds. The fourth-order valence-electron chi connectivity index (χ4n) is 1.61. The van der Waals surface area contributed by atoms with Crippen LogP contribution < -0.4 is 11.0 Å². The van der Waals surface area contributed by atoms with Crippen LogP contribution in [0.1, 0.15) is 27.2 Å². The molecule has 7 nitrogen and oxygen atoms in total. The minimum Gasteiger partial charge on any atom is -0.388 e. The summed E-state index contributed by atoms with van der Waals surface area (Å²) < 4.78 is 2.37. The first-order valence-corrected chi connectivity index (χ1v) is 6.35. The van der Waals surface area contributed by atoms with Crippen molar-refractivity contribution in [3.63, 3.8) is 0 Å². The number of rotatable bonds is 6. The van der Waals surface area contributed by atoms with Crippen LogP contribution in [-0.4, -0.2) is 37.5 Å². The molecule has 0 fully saturated rings. The molecule has 1 rings (SSSR count). The van der Waals surface area contributed by atoms with E-state index in [2.05, 4.69) is 10.4 Å². The lowest BCUT2D eigenvalue weighted by molar-refractivity contribution is -0.123. The molecule has 2 unspecified atom stereocenters. The predicted molar refractivity (Wildman–Crippen MR) is 70.6 cm³/mol. The molecular formula is C12H22N4O3. The van der Waals surface area contributed by atoms with Crippen molar-refractivity contribution < 1.29 is 9.90 Å². The molecule has 0 radical (unpaired) electrons. The van der Waals surface area contributed by atoms with E-state index in [1.165, 1.54) is 10.9 Å². The molecule has 0 aliphatic heterocycles. The second kappa shape index (κ2) is 6.01. The van der Waals surface area contributed by atoms with Gasteiger partial charge in [-0.1, -0.05) is 20.3 Å². The molecule has 2 atom stereocenters. The predicted octanol–water partition coefficient (Wildman–Crippen LogP) is -0.505. The van der Waals surface area contributed by atoms with Crippen molar-refractivity contribution in [2.45, 2.75) is 39.3 Å². The zero-order valence-electron chi connectivity index (χ0n) is 11.9. The molecule has 1 aromatic heterocycles. The Kier molecular flexibility index (Phi) is 4.88. The van der Waals surface area contributed by atoms with Gasteiger partial charge in [0.25, 0.3) is 0 Å². The highest BCUT2D eigenvalue weighted by molar-refractivity contribution is 5.75. The zero-order valence-corrected chi connectivity index (χ0v) is 11.9. The fraction of sp³-hybridized carbons (Fsp3) is 0.750. The van der Waals surface area contributed by atoms with Gasteiger partial charge in [0, 0.05) is 13.6 Å². The number of nitrogens with one attached hydrogen (secondary N) is 1. The summed E-state index contributed by atoms with van der Waals surface area (Å²) in [4.78, 5) is 23.2. The van der Waals surface area contributed by atoms with Crippen LogP contribution in [0.2, 0.25) is 0 Å². The van der Waals surface area contributed by atoms with E-state index in [1.54, 1.807) is 14.0 Å². The smallest absolute Gasteiger partial charge is 0.345 e. The second-order valence-corrected chi connectivity index (χ2v) is 5.13. The number of carbonyl (C=O) groups excluding carboxylic acids is 1. The number of carbonyl (C=O) groups is 1. The number of aliphatic hydroxyl groups is 1. The molecule has 2 N–H and O–H groups in total. The van der Waals surface area contributed by atoms with Gasteiger partial charge in [-0.05, 0) is 12.8 Å². The Morgan fingerprint density at radius 3 is 2.74 bits per heavy atom. The Hall–Kier alpha value is -1.63. The van der Waals surface area contributed by atoms with Gasteiger partial charge in [-0.15, -0.1) is 0 Å². The van der Waals surface area contributed by atoms with Crippen molar-refractivity contribution in [2.75, 3.05) is 6.54 Å². The quantitative estimate of drug-likeness (QED) is 0.729. The van der Waals surface area contributed by atoms with Crippen molar-refractivity contribution in [1.29, 1.82) is 0 Å². The third-order valence-electron chi connectivity index (χ3n) is 3.50. The summed E-state index contributed by atoms with van der Waals surface area (Å²) in [5.74, 6) is -0.269. The Balaban J connectivity index is 2.53. The minimum absolute atomic E-state index is 0.0744. The Morgan fingerprint density at radius 2 is 2.26 bits per heavy atom. The van der Waals surface area contributed by atoms with Crippen molar-refractivity contribution in [3.05, 3.63) is 16.8 Å². The molecule has 0 spiro atoms. The van der Waals surface area contributed by atoms with Crippen LogP contribution >= 0.6 is 0 Å². The standard InChI is InChI=1S/C12H22N4O3/c1-5-9(2)12(3,19)7-13-10(17)6-16-11(18)15(4)8-14-16/h8-9,19H,5-7H2,1-4H3,(H,13,17). The van der Waals surface area contributed by atoms with Crippen LogP contribution in [0.15, 0.2) is 11.1 Å². The van der Waals surface area contributed by atoms with Gasteiger partial charge in [0.15, 0.2) is 0 Å². The molecule has 7 heteroatoms. The van der Waals surface area contributed by atoms with E-state index in [9.17, 15) is 14.7 Å². The molecule has 1 heterocycles. The minimum atomic E-state index is -0.959. The zero-order chi connectivity index (χ0) is 14.6. The van der Waals surface area contributed by atoms with E-state index in [0.717, 1.165) is 11.1 Å². The van der Waals surface area contributed by atoms with Crippen LogP contribution in [0.4, 0.5) is 0 Å². The molecule has 0 saturated heterocycles. The maximum Gasteiger partial charge on any atom is 0.345 e. The van der Waals surface area contributed by atoms with E-state index < -0.39 is 5.60 Å². The molecule has 0 aliphatic carbocycles. The number of aromatic nitrogens is 3. The summed E-state index contributed by atoms with van der Waals surface area (Å²) in [6.45, 7) is 5.61. The monoisotopic (exact) mass is 270 g/mol. The van der Waals surface area contributed by atoms with Gasteiger partial charge in [-0.2, -0.15) is 5.10 Å². The van der Waals surface area contributed by atoms with Gasteiger partial charge >= 0.3 is 5.69 Å². The summed E-state index contributed by atoms with van der Waals surface area (Å²) in [5.41, 5.74) is -1.30. The lowest BCUT2D eigenvalue weighted by Gasteiger charge is -2.29. The summed E-state index contributed by atoms with van der Waals surface area (Å²) in [5, 5.41) is 16.6. The number of aryl methyl sites for hydroxylation is 1. The Labute approximate surface area is 112 Å². The third-order valence-corrected chi connectivity index (χ3v) is 3.50. The van der Waals surface area contributed by atoms with Gasteiger partial charge in [-0.3, -0.25) is 9.36 Å². The van der Waals surface area contributed by atoms with Crippen LogP contribution in [0.3, 0.4) is 0 Å². The van der Waals surface area contributed by atoms with Crippen LogP contribution in [-0.2, 0) is 18.4 Å². The van der Waals surface area contributed by atoms with E-state index in [4.69, 9.17) is 0 Å². The molecule has 1 aromatic rings. The van der Waals surface area contributed by atoms with Crippen molar-refractivity contribution in [3.8, 4) is 0 Å². The van der Waals surface area contributed by atoms with Crippen molar-refractivity contribution in [1.82, 2.24) is 19.7 Å². The molecule has 0 aromatic carbocycles. The first-order valence-electron chi connectivity index (χ1n) is 6.35. The SMILES string of the molecule is CCC(C)C(C)(O)CNC(=O)Cn1ncn(C)c1=O. The lowest BCUT2D eigenvalue weighted by Crippen LogP contribution is -2.46. The van der Waals surface area contributed by atoms with Crippen LogP contribution in [0, 0.1) is 5.92 Å². The number of hydrogen-bond acceptors (Lipinski definition) is 4. The highest BCUT2D eigenvalue weighted by Gasteiger charge is 2.27. The van der Waals surface area contributed by atoms with Crippen molar-refractivity contribution in [2.24, 2.45) is 13.0 Å². The molecule has 19 heavy (non-hydrogen) atoms. The molecule has 0 aliphatic rings. The molecular weight excluding hydrogens is 248 g/mol. The summed E-state index contributed by atoms with van der Waals surface area (Å²) >= 11 is 0. The van der Waals surface area contributed by atoms with E-state index in [-0.39, 0.29) is 30.6 Å². The summed E-state index contributed by atoms with van der Waals surface area (Å²) in [6, 6.07) is 0. The largest absolute Gasteiger partial charge is 0.388 e. The van der Waals surface area contributed by atoms with E-state index >= 15 is 0 Å². The fourth-order valence-corrected chi connectivity index (χ4v) is 1.61. The Morgan fingerprint density at radius 1 is 1.63 bits per heavy atom. The summed E-state index contributed by atoms with van der Waals surface area (Å²) in [7, 11) is 1.57. The topological polar surface area (TPSA) is 89.2 Å². The van der Waals surface area contributed by atoms with E-state index in [0.29, 0.717) is 0 Å². The molecule has 0 bridgehead atoms. The first-order chi connectivity index (χ1) is 8.77. The van der Waals surface area contributed by atoms with E-state index in [1.807, 2.05) is 13.8 Å². The number of amides is 1. The van der Waals surface area contributed by atoms with Gasteiger partial charge in [0.2, 0.25) is 5.91 Å². The number of hydrogen-bond donors (Lipinski definition) is 2. The van der Waals surface area contributed by atoms with Gasteiger partial charge in [0.05, 0.1) is 5.60 Å². The Bertz CT molecular complexity index is 489. The van der Waals surface area contributed by atoms with Crippen LogP contribution in [0.25, 0.3) is 0 Å². The average molecular weight is 270 g/mol. The number of nitrogens with zero attached hydrogens (tertiary/aromatic N) is 3. The normalized spacial score (nSPS) is 15.8. The van der Waals surface area contributed by atoms with Gasteiger partial charge < -0.3 is 10.4 Å². The third kappa shape index (κ3) is 3.92. The highest BCUT2D eigenvalue weighted by atomic mass is 16.3. The average Bonchev–Trinajstić information content (AvgIpc) is 2.67.